The normalized spacial score (nSPS) is 11.8. The van der Waals surface area contributed by atoms with Gasteiger partial charge in [-0.1, -0.05) is 32.6 Å². The zero-order chi connectivity index (χ0) is 11.5. The molecule has 0 N–H and O–H groups in total. The molecular formula is C12H21NO2. The maximum absolute atomic E-state index is 11.4. The molecule has 0 bridgehead atoms. The first-order valence-corrected chi connectivity index (χ1v) is 5.79. The second-order valence-corrected chi connectivity index (χ2v) is 3.66. The Morgan fingerprint density at radius 2 is 2.07 bits per heavy atom. The second kappa shape index (κ2) is 9.51. The zero-order valence-electron chi connectivity index (χ0n) is 9.79. The van der Waals surface area contributed by atoms with E-state index in [2.05, 4.69) is 6.92 Å². The van der Waals surface area contributed by atoms with Crippen LogP contribution in [0.15, 0.2) is 0 Å². The van der Waals surface area contributed by atoms with Gasteiger partial charge in [0.2, 0.25) is 0 Å². The van der Waals surface area contributed by atoms with Crippen LogP contribution < -0.4 is 0 Å². The highest BCUT2D eigenvalue weighted by Crippen LogP contribution is 2.15. The monoisotopic (exact) mass is 211 g/mol. The number of ether oxygens (including phenoxy) is 1. The van der Waals surface area contributed by atoms with Crippen molar-refractivity contribution in [2.24, 2.45) is 5.92 Å². The van der Waals surface area contributed by atoms with Gasteiger partial charge in [0.25, 0.3) is 0 Å². The van der Waals surface area contributed by atoms with E-state index in [0.717, 1.165) is 19.3 Å². The van der Waals surface area contributed by atoms with Crippen molar-refractivity contribution >= 4 is 5.97 Å². The van der Waals surface area contributed by atoms with Gasteiger partial charge in [-0.25, -0.2) is 0 Å². The quantitative estimate of drug-likeness (QED) is 0.458. The highest BCUT2D eigenvalue weighted by molar-refractivity contribution is 5.72. The van der Waals surface area contributed by atoms with Crippen molar-refractivity contribution in [1.29, 1.82) is 5.26 Å². The van der Waals surface area contributed by atoms with E-state index >= 15 is 0 Å². The van der Waals surface area contributed by atoms with Crippen molar-refractivity contribution in [3.05, 3.63) is 0 Å². The highest BCUT2D eigenvalue weighted by atomic mass is 16.5. The van der Waals surface area contributed by atoms with Crippen molar-refractivity contribution < 1.29 is 9.53 Å². The molecule has 0 aliphatic carbocycles. The fourth-order valence-corrected chi connectivity index (χ4v) is 1.49. The largest absolute Gasteiger partial charge is 0.466 e. The van der Waals surface area contributed by atoms with E-state index in [1.165, 1.54) is 12.8 Å². The van der Waals surface area contributed by atoms with Crippen molar-refractivity contribution in [1.82, 2.24) is 0 Å². The molecule has 0 saturated heterocycles. The van der Waals surface area contributed by atoms with E-state index in [0.29, 0.717) is 6.61 Å². The Balaban J connectivity index is 3.83. The third-order valence-corrected chi connectivity index (χ3v) is 2.36. The van der Waals surface area contributed by atoms with Crippen LogP contribution in [-0.4, -0.2) is 12.6 Å². The highest BCUT2D eigenvalue weighted by Gasteiger charge is 2.18. The fourth-order valence-electron chi connectivity index (χ4n) is 1.49. The van der Waals surface area contributed by atoms with Gasteiger partial charge in [0.15, 0.2) is 0 Å². The lowest BCUT2D eigenvalue weighted by Gasteiger charge is -2.11. The topological polar surface area (TPSA) is 50.1 Å². The second-order valence-electron chi connectivity index (χ2n) is 3.66. The summed E-state index contributed by atoms with van der Waals surface area (Å²) in [5.74, 6) is -0.428. The first kappa shape index (κ1) is 14.0. The lowest BCUT2D eigenvalue weighted by atomic mass is 9.98. The average molecular weight is 211 g/mol. The molecule has 0 heterocycles. The van der Waals surface area contributed by atoms with Gasteiger partial charge in [-0.05, 0) is 13.3 Å². The number of hydrogen-bond donors (Lipinski definition) is 0. The molecule has 0 aliphatic rings. The molecule has 0 aromatic rings. The lowest BCUT2D eigenvalue weighted by molar-refractivity contribution is -0.148. The van der Waals surface area contributed by atoms with Crippen molar-refractivity contribution in [2.75, 3.05) is 6.61 Å². The third-order valence-electron chi connectivity index (χ3n) is 2.36. The number of carbonyl (C=O) groups is 1. The van der Waals surface area contributed by atoms with Crippen LogP contribution in [0, 0.1) is 17.2 Å². The number of nitriles is 1. The summed E-state index contributed by atoms with van der Waals surface area (Å²) in [6.45, 7) is 4.34. The Bertz CT molecular complexity index is 208. The van der Waals surface area contributed by atoms with E-state index in [-0.39, 0.29) is 18.3 Å². The predicted octanol–water partition coefficient (Wildman–Crippen LogP) is 3.05. The summed E-state index contributed by atoms with van der Waals surface area (Å²) in [6.07, 6.45) is 5.60. The molecule has 0 saturated carbocycles. The summed E-state index contributed by atoms with van der Waals surface area (Å²) >= 11 is 0. The van der Waals surface area contributed by atoms with Crippen LogP contribution in [0.25, 0.3) is 0 Å². The van der Waals surface area contributed by atoms with Gasteiger partial charge in [0.05, 0.1) is 18.6 Å². The molecule has 1 atom stereocenters. The number of nitrogens with zero attached hydrogens (tertiary/aromatic N) is 1. The van der Waals surface area contributed by atoms with Crippen LogP contribution in [0.5, 0.6) is 0 Å². The van der Waals surface area contributed by atoms with Crippen molar-refractivity contribution in [3.63, 3.8) is 0 Å². The smallest absolute Gasteiger partial charge is 0.309 e. The van der Waals surface area contributed by atoms with Crippen LogP contribution in [0.2, 0.25) is 0 Å². The molecule has 3 nitrogen and oxygen atoms in total. The number of unbranched alkanes of at least 4 members (excludes halogenated alkanes) is 3. The predicted molar refractivity (Wildman–Crippen MR) is 59.1 cm³/mol. The minimum Gasteiger partial charge on any atom is -0.466 e. The molecule has 3 heteroatoms. The molecule has 0 spiro atoms. The fraction of sp³-hybridized carbons (Fsp3) is 0.833. The molecule has 0 aliphatic heterocycles. The molecule has 0 aromatic carbocycles. The molecule has 0 aromatic heterocycles. The van der Waals surface area contributed by atoms with Gasteiger partial charge >= 0.3 is 5.97 Å². The van der Waals surface area contributed by atoms with E-state index in [9.17, 15) is 4.79 Å². The third kappa shape index (κ3) is 6.96. The van der Waals surface area contributed by atoms with Crippen LogP contribution in [0.4, 0.5) is 0 Å². The number of hydrogen-bond acceptors (Lipinski definition) is 3. The molecule has 0 radical (unpaired) electrons. The van der Waals surface area contributed by atoms with Gasteiger partial charge < -0.3 is 4.74 Å². The molecule has 0 rings (SSSR count). The number of esters is 1. The number of rotatable bonds is 8. The minimum atomic E-state index is -0.216. The standard InChI is InChI=1S/C12H21NO2/c1-3-5-6-7-8-11(9-10-13)12(14)15-4-2/h11H,3-9H2,1-2H3. The Morgan fingerprint density at radius 1 is 1.33 bits per heavy atom. The van der Waals surface area contributed by atoms with Crippen LogP contribution in [0.3, 0.4) is 0 Å². The van der Waals surface area contributed by atoms with E-state index in [4.69, 9.17) is 10.00 Å². The first-order chi connectivity index (χ1) is 7.26. The lowest BCUT2D eigenvalue weighted by Crippen LogP contribution is -2.17. The minimum absolute atomic E-state index is 0.212. The molecule has 86 valence electrons. The maximum atomic E-state index is 11.4. The summed E-state index contributed by atoms with van der Waals surface area (Å²) in [7, 11) is 0. The summed E-state index contributed by atoms with van der Waals surface area (Å²) in [4.78, 5) is 11.4. The van der Waals surface area contributed by atoms with Gasteiger partial charge in [0.1, 0.15) is 0 Å². The van der Waals surface area contributed by atoms with Gasteiger partial charge in [0, 0.05) is 6.42 Å². The summed E-state index contributed by atoms with van der Waals surface area (Å²) < 4.78 is 4.92. The Kier molecular flexibility index (Phi) is 8.85. The zero-order valence-corrected chi connectivity index (χ0v) is 9.79. The number of carbonyl (C=O) groups excluding carboxylic acids is 1. The van der Waals surface area contributed by atoms with Gasteiger partial charge in [-0.2, -0.15) is 5.26 Å². The van der Waals surface area contributed by atoms with E-state index < -0.39 is 0 Å². The average Bonchev–Trinajstić information content (AvgIpc) is 2.23. The maximum Gasteiger partial charge on any atom is 0.309 e. The van der Waals surface area contributed by atoms with Gasteiger partial charge in [-0.3, -0.25) is 4.79 Å². The summed E-state index contributed by atoms with van der Waals surface area (Å²) in [6, 6.07) is 2.05. The molecule has 1 unspecified atom stereocenters. The van der Waals surface area contributed by atoms with Crippen LogP contribution in [-0.2, 0) is 9.53 Å². The molecule has 0 fully saturated rings. The van der Waals surface area contributed by atoms with Crippen LogP contribution in [0.1, 0.15) is 52.4 Å². The van der Waals surface area contributed by atoms with Gasteiger partial charge in [-0.15, -0.1) is 0 Å². The van der Waals surface area contributed by atoms with E-state index in [1.54, 1.807) is 6.92 Å². The Labute approximate surface area is 92.4 Å². The summed E-state index contributed by atoms with van der Waals surface area (Å²) in [5, 5.41) is 8.60. The Hall–Kier alpha value is -1.04. The SMILES string of the molecule is CCCCCCC(CC#N)C(=O)OCC. The summed E-state index contributed by atoms with van der Waals surface area (Å²) in [5.41, 5.74) is 0. The molecular weight excluding hydrogens is 190 g/mol. The Morgan fingerprint density at radius 3 is 2.60 bits per heavy atom. The molecule has 0 amide bonds. The van der Waals surface area contributed by atoms with Crippen molar-refractivity contribution in [2.45, 2.75) is 52.4 Å². The van der Waals surface area contributed by atoms with Crippen LogP contribution >= 0.6 is 0 Å². The van der Waals surface area contributed by atoms with E-state index in [1.807, 2.05) is 6.07 Å². The molecule has 15 heavy (non-hydrogen) atoms. The van der Waals surface area contributed by atoms with Crippen molar-refractivity contribution in [3.8, 4) is 6.07 Å². The first-order valence-electron chi connectivity index (χ1n) is 5.79.